The van der Waals surface area contributed by atoms with Gasteiger partial charge in [-0.15, -0.1) is 0 Å². The molecule has 7 heteroatoms. The molecule has 0 bridgehead atoms. The zero-order valence-corrected chi connectivity index (χ0v) is 12.5. The third-order valence-electron chi connectivity index (χ3n) is 3.08. The van der Waals surface area contributed by atoms with Crippen molar-refractivity contribution < 1.29 is 18.5 Å². The first kappa shape index (κ1) is 14.6. The Hall–Kier alpha value is -1.76. The monoisotopic (exact) mass is 298 g/mol. The summed E-state index contributed by atoms with van der Waals surface area (Å²) in [7, 11) is 0.743. The average Bonchev–Trinajstić information content (AvgIpc) is 2.84. The number of anilines is 1. The Labute approximate surface area is 120 Å². The van der Waals surface area contributed by atoms with E-state index in [2.05, 4.69) is 5.32 Å². The molecule has 2 atom stereocenters. The summed E-state index contributed by atoms with van der Waals surface area (Å²) in [6.45, 7) is 2.06. The van der Waals surface area contributed by atoms with Crippen LogP contribution in [0.25, 0.3) is 0 Å². The van der Waals surface area contributed by atoms with Crippen LogP contribution in [0.15, 0.2) is 18.2 Å². The molecule has 0 saturated heterocycles. The third kappa shape index (κ3) is 3.41. The second-order valence-corrected chi connectivity index (χ2v) is 6.18. The van der Waals surface area contributed by atoms with Crippen LogP contribution in [0.1, 0.15) is 6.92 Å². The molecule has 2 amide bonds. The van der Waals surface area contributed by atoms with E-state index in [4.69, 9.17) is 9.47 Å². The molecule has 0 unspecified atom stereocenters. The largest absolute Gasteiger partial charge is 0.454 e. The summed E-state index contributed by atoms with van der Waals surface area (Å²) >= 11 is 0. The SMILES string of the molecule is C[C@@H](C[S@](C)=O)N(C)C(=O)Nc1ccc2c(c1)OCO2. The first-order valence-electron chi connectivity index (χ1n) is 6.21. The van der Waals surface area contributed by atoms with Crippen molar-refractivity contribution in [3.63, 3.8) is 0 Å². The van der Waals surface area contributed by atoms with Crippen LogP contribution < -0.4 is 14.8 Å². The molecule has 1 aromatic carbocycles. The van der Waals surface area contributed by atoms with Gasteiger partial charge >= 0.3 is 6.03 Å². The molecule has 0 aliphatic carbocycles. The predicted molar refractivity (Wildman–Crippen MR) is 77.7 cm³/mol. The molecule has 1 heterocycles. The summed E-state index contributed by atoms with van der Waals surface area (Å²) in [5, 5.41) is 2.78. The fourth-order valence-corrected chi connectivity index (χ4v) is 2.74. The summed E-state index contributed by atoms with van der Waals surface area (Å²) in [5.41, 5.74) is 0.635. The van der Waals surface area contributed by atoms with E-state index in [0.717, 1.165) is 0 Å². The van der Waals surface area contributed by atoms with Crippen molar-refractivity contribution >= 4 is 22.5 Å². The molecule has 6 nitrogen and oxygen atoms in total. The summed E-state index contributed by atoms with van der Waals surface area (Å²) in [6, 6.07) is 4.87. The highest BCUT2D eigenvalue weighted by molar-refractivity contribution is 7.84. The Bertz CT molecular complexity index is 535. The number of amides is 2. The summed E-state index contributed by atoms with van der Waals surface area (Å²) in [5.74, 6) is 1.74. The van der Waals surface area contributed by atoms with Crippen LogP contribution in [0, 0.1) is 0 Å². The van der Waals surface area contributed by atoms with Gasteiger partial charge in [0.25, 0.3) is 0 Å². The normalized spacial score (nSPS) is 15.6. The first-order chi connectivity index (χ1) is 9.47. The van der Waals surface area contributed by atoms with Crippen molar-refractivity contribution in [2.24, 2.45) is 0 Å². The van der Waals surface area contributed by atoms with Gasteiger partial charge in [0, 0.05) is 47.7 Å². The smallest absolute Gasteiger partial charge is 0.321 e. The highest BCUT2D eigenvalue weighted by Crippen LogP contribution is 2.34. The quantitative estimate of drug-likeness (QED) is 0.917. The van der Waals surface area contributed by atoms with Crippen LogP contribution in [-0.4, -0.2) is 47.0 Å². The molecule has 0 spiro atoms. The van der Waals surface area contributed by atoms with Crippen LogP contribution in [-0.2, 0) is 10.8 Å². The second-order valence-electron chi connectivity index (χ2n) is 4.70. The highest BCUT2D eigenvalue weighted by atomic mass is 32.2. The van der Waals surface area contributed by atoms with E-state index in [1.807, 2.05) is 6.92 Å². The van der Waals surface area contributed by atoms with Gasteiger partial charge < -0.3 is 19.7 Å². The van der Waals surface area contributed by atoms with E-state index in [1.54, 1.807) is 31.5 Å². The highest BCUT2D eigenvalue weighted by Gasteiger charge is 2.18. The molecule has 1 aromatic rings. The average molecular weight is 298 g/mol. The fraction of sp³-hybridized carbons (Fsp3) is 0.462. The molecule has 0 radical (unpaired) electrons. The Balaban J connectivity index is 1.98. The Morgan fingerprint density at radius 3 is 2.85 bits per heavy atom. The third-order valence-corrected chi connectivity index (χ3v) is 4.03. The molecule has 0 saturated carbocycles. The number of benzene rings is 1. The van der Waals surface area contributed by atoms with Gasteiger partial charge in [-0.25, -0.2) is 4.79 Å². The molecule has 1 aliphatic rings. The lowest BCUT2D eigenvalue weighted by atomic mass is 10.3. The molecular formula is C13H18N2O4S. The topological polar surface area (TPSA) is 67.9 Å². The van der Waals surface area contributed by atoms with Crippen molar-refractivity contribution in [2.45, 2.75) is 13.0 Å². The Morgan fingerprint density at radius 2 is 2.15 bits per heavy atom. The van der Waals surface area contributed by atoms with E-state index < -0.39 is 10.8 Å². The maximum atomic E-state index is 12.1. The molecule has 0 fully saturated rings. The molecular weight excluding hydrogens is 280 g/mol. The van der Waals surface area contributed by atoms with Gasteiger partial charge in [0.1, 0.15) is 0 Å². The van der Waals surface area contributed by atoms with Crippen LogP contribution in [0.3, 0.4) is 0 Å². The molecule has 0 aromatic heterocycles. The van der Waals surface area contributed by atoms with Crippen molar-refractivity contribution in [2.75, 3.05) is 31.2 Å². The van der Waals surface area contributed by atoms with Crippen LogP contribution in [0.5, 0.6) is 11.5 Å². The summed E-state index contributed by atoms with van der Waals surface area (Å²) in [6.07, 6.45) is 1.63. The zero-order valence-electron chi connectivity index (χ0n) is 11.7. The van der Waals surface area contributed by atoms with E-state index in [0.29, 0.717) is 22.9 Å². The number of fused-ring (bicyclic) bond motifs is 1. The van der Waals surface area contributed by atoms with Crippen LogP contribution >= 0.6 is 0 Å². The lowest BCUT2D eigenvalue weighted by Crippen LogP contribution is -2.40. The number of carbonyl (C=O) groups excluding carboxylic acids is 1. The van der Waals surface area contributed by atoms with Crippen molar-refractivity contribution in [3.05, 3.63) is 18.2 Å². The number of urea groups is 1. The number of rotatable bonds is 4. The number of carbonyl (C=O) groups is 1. The van der Waals surface area contributed by atoms with Gasteiger partial charge in [0.2, 0.25) is 6.79 Å². The van der Waals surface area contributed by atoms with Crippen molar-refractivity contribution in [1.29, 1.82) is 0 Å². The summed E-state index contributed by atoms with van der Waals surface area (Å²) < 4.78 is 21.7. The van der Waals surface area contributed by atoms with Crippen molar-refractivity contribution in [3.8, 4) is 11.5 Å². The Morgan fingerprint density at radius 1 is 1.45 bits per heavy atom. The standard InChI is InChI=1S/C13H18N2O4S/c1-9(7-20(3)17)15(2)13(16)14-10-4-5-11-12(6-10)19-8-18-11/h4-6,9H,7-8H2,1-3H3,(H,14,16)/t9-,20-/m0/s1. The molecule has 110 valence electrons. The maximum Gasteiger partial charge on any atom is 0.321 e. The lowest BCUT2D eigenvalue weighted by molar-refractivity contribution is 0.174. The maximum absolute atomic E-state index is 12.1. The van der Waals surface area contributed by atoms with E-state index in [1.165, 1.54) is 4.90 Å². The van der Waals surface area contributed by atoms with E-state index in [9.17, 15) is 9.00 Å². The number of hydrogen-bond acceptors (Lipinski definition) is 4. The number of ether oxygens (including phenoxy) is 2. The van der Waals surface area contributed by atoms with Crippen LogP contribution in [0.4, 0.5) is 10.5 Å². The van der Waals surface area contributed by atoms with Gasteiger partial charge in [-0.2, -0.15) is 0 Å². The minimum Gasteiger partial charge on any atom is -0.454 e. The molecule has 1 aliphatic heterocycles. The number of hydrogen-bond donors (Lipinski definition) is 1. The molecule has 1 N–H and O–H groups in total. The van der Waals surface area contributed by atoms with Gasteiger partial charge in [-0.1, -0.05) is 0 Å². The molecule has 2 rings (SSSR count). The van der Waals surface area contributed by atoms with Crippen LogP contribution in [0.2, 0.25) is 0 Å². The van der Waals surface area contributed by atoms with Gasteiger partial charge in [-0.05, 0) is 19.1 Å². The predicted octanol–water partition coefficient (Wildman–Crippen LogP) is 1.65. The first-order valence-corrected chi connectivity index (χ1v) is 7.93. The fourth-order valence-electron chi connectivity index (χ4n) is 1.84. The molecule has 20 heavy (non-hydrogen) atoms. The zero-order chi connectivity index (χ0) is 14.7. The van der Waals surface area contributed by atoms with Crippen molar-refractivity contribution in [1.82, 2.24) is 4.90 Å². The van der Waals surface area contributed by atoms with E-state index >= 15 is 0 Å². The number of nitrogens with one attached hydrogen (secondary N) is 1. The van der Waals surface area contributed by atoms with Gasteiger partial charge in [0.05, 0.1) is 0 Å². The Kier molecular flexibility index (Phi) is 4.49. The van der Waals surface area contributed by atoms with Gasteiger partial charge in [0.15, 0.2) is 11.5 Å². The minimum atomic E-state index is -0.937. The van der Waals surface area contributed by atoms with E-state index in [-0.39, 0.29) is 18.9 Å². The minimum absolute atomic E-state index is 0.102. The summed E-state index contributed by atoms with van der Waals surface area (Å²) in [4.78, 5) is 13.6. The van der Waals surface area contributed by atoms with Gasteiger partial charge in [-0.3, -0.25) is 4.21 Å². The number of nitrogens with zero attached hydrogens (tertiary/aromatic N) is 1. The lowest BCUT2D eigenvalue weighted by Gasteiger charge is -2.24. The second kappa shape index (κ2) is 6.13.